The van der Waals surface area contributed by atoms with Gasteiger partial charge in [0, 0.05) is 50.7 Å². The smallest absolute Gasteiger partial charge is 0.341 e. The van der Waals surface area contributed by atoms with Crippen LogP contribution < -0.4 is 4.74 Å². The first kappa shape index (κ1) is 61.3. The van der Waals surface area contributed by atoms with Gasteiger partial charge in [0.15, 0.2) is 43.3 Å². The Morgan fingerprint density at radius 1 is 0.688 bits per heavy atom. The number of Topliss-reactive ketones (excluding diaryl/α,β-unsaturated/α-hetero) is 1. The Balaban J connectivity index is 0.000000380. The molecule has 0 aromatic heterocycles. The van der Waals surface area contributed by atoms with Gasteiger partial charge in [-0.05, 0) is 84.9 Å². The van der Waals surface area contributed by atoms with Gasteiger partial charge in [0.25, 0.3) is 0 Å². The van der Waals surface area contributed by atoms with E-state index in [1.807, 2.05) is 0 Å². The third-order valence-electron chi connectivity index (χ3n) is 15.4. The molecule has 0 amide bonds. The van der Waals surface area contributed by atoms with Crippen molar-refractivity contribution in [3.63, 3.8) is 0 Å². The van der Waals surface area contributed by atoms with E-state index >= 15 is 0 Å². The molecule has 2 aromatic carbocycles. The fourth-order valence-corrected chi connectivity index (χ4v) is 10.8. The lowest BCUT2D eigenvalue weighted by Gasteiger charge is -2.46. The van der Waals surface area contributed by atoms with Crippen LogP contribution in [0.15, 0.2) is 18.2 Å². The topological polar surface area (TPSA) is 378 Å². The molecule has 0 radical (unpaired) electrons. The van der Waals surface area contributed by atoms with E-state index in [4.69, 9.17) is 52.1 Å². The minimum absolute atomic E-state index is 0.0306. The van der Waals surface area contributed by atoms with Crippen molar-refractivity contribution in [1.82, 2.24) is 0 Å². The van der Waals surface area contributed by atoms with Gasteiger partial charge in [0.1, 0.15) is 60.0 Å². The van der Waals surface area contributed by atoms with Gasteiger partial charge < -0.3 is 113 Å². The number of fused-ring (bicyclic) bond motifs is 2. The lowest BCUT2D eigenvalue weighted by molar-refractivity contribution is -0.334. The van der Waals surface area contributed by atoms with Crippen molar-refractivity contribution in [3.05, 3.63) is 29.3 Å². The Kier molecular flexibility index (Phi) is 20.0. The first-order valence-corrected chi connectivity index (χ1v) is 26.1. The third kappa shape index (κ3) is 13.9. The second kappa shape index (κ2) is 25.2. The monoisotopic (exact) mass is 1100 g/mol. The molecule has 0 spiro atoms. The van der Waals surface area contributed by atoms with Crippen molar-refractivity contribution in [2.24, 2.45) is 5.92 Å². The number of hydrogen-bond acceptors (Lipinski definition) is 25. The number of ketones is 1. The zero-order valence-corrected chi connectivity index (χ0v) is 44.5. The van der Waals surface area contributed by atoms with E-state index in [0.29, 0.717) is 10.9 Å². The largest absolute Gasteiger partial charge is 0.507 e. The van der Waals surface area contributed by atoms with Gasteiger partial charge in [-0.25, -0.2) is 4.79 Å². The molecule has 77 heavy (non-hydrogen) atoms. The number of phenols is 2. The van der Waals surface area contributed by atoms with Crippen molar-refractivity contribution < 1.29 is 123 Å². The molecule has 25 heteroatoms. The van der Waals surface area contributed by atoms with Gasteiger partial charge in [0.05, 0.1) is 72.0 Å². The number of rotatable bonds is 13. The van der Waals surface area contributed by atoms with Crippen LogP contribution >= 0.6 is 0 Å². The summed E-state index contributed by atoms with van der Waals surface area (Å²) in [4.78, 5) is 27.9. The van der Waals surface area contributed by atoms with Crippen LogP contribution in [0.3, 0.4) is 0 Å². The predicted molar refractivity (Wildman–Crippen MR) is 261 cm³/mol. The van der Waals surface area contributed by atoms with Crippen molar-refractivity contribution in [2.45, 2.75) is 241 Å². The molecule has 6 aliphatic heterocycles. The number of phenolic OH excluding ortho intramolecular Hbond substituents is 2. The molecule has 25 atom stereocenters. The first-order chi connectivity index (χ1) is 36.1. The molecule has 436 valence electrons. The molecule has 6 aliphatic rings. The number of carbonyl (C=O) groups excluding carboxylic acids is 2. The summed E-state index contributed by atoms with van der Waals surface area (Å²) in [5.74, 6) is -3.90. The molecule has 5 saturated heterocycles. The molecule has 0 saturated carbocycles. The van der Waals surface area contributed by atoms with E-state index in [-0.39, 0.29) is 66.7 Å². The zero-order chi connectivity index (χ0) is 56.7. The number of methoxy groups -OCH3 is 1. The average Bonchev–Trinajstić information content (AvgIpc) is 3.34. The molecule has 12 N–H and O–H groups in total. The number of aromatic hydroxyl groups is 2. The number of benzene rings is 2. The highest BCUT2D eigenvalue weighted by molar-refractivity contribution is 5.97. The summed E-state index contributed by atoms with van der Waals surface area (Å²) in [7, 11) is 1.19. The summed E-state index contributed by atoms with van der Waals surface area (Å²) >= 11 is 0. The van der Waals surface area contributed by atoms with Gasteiger partial charge >= 0.3 is 5.97 Å². The van der Waals surface area contributed by atoms with Crippen molar-refractivity contribution in [3.8, 4) is 17.2 Å². The van der Waals surface area contributed by atoms with Crippen molar-refractivity contribution in [1.29, 1.82) is 0 Å². The predicted octanol–water partition coefficient (Wildman–Crippen LogP) is -0.927. The second-order valence-electron chi connectivity index (χ2n) is 21.5. The van der Waals surface area contributed by atoms with E-state index in [1.54, 1.807) is 40.7 Å². The molecule has 25 nitrogen and oxygen atoms in total. The zero-order valence-electron chi connectivity index (χ0n) is 44.5. The standard InChI is InChI=1S/C40H56O18.C12H22O7/c1-15-24-11-21-8-20(10-23(42)30(21)31(15)43)9-22(36(51-7)35(47)32(44)16(2)41)37(39(49)57-24)58-28-13-25(33(45)18(4)53-28)55-27-12-26(34(46)17(3)52-27)56-29-14-40(6,50)38(48)19(5)54-29;1-5-11(15)7(13)3-10(18-5)19-8-4-9(14)17-6(2)12(8)16/h8,10-11,16-19,22,25-29,32-34,36-38,41-46,48,50H,9,12-14H2,1-7H3;5-16H,3-4H2,1-2H3/t16-,17-,18-,19-,22+,25-,26-,27+,28+,29+,32+,33-,34+,36+,37+,38-,40+;5-,6-,7-,8-,9-,10+,11-,12-/m11/s1. The molecule has 0 aliphatic carbocycles. The lowest BCUT2D eigenvalue weighted by atomic mass is 9.83. The van der Waals surface area contributed by atoms with E-state index in [9.17, 15) is 70.9 Å². The minimum atomic E-state index is -1.91. The highest BCUT2D eigenvalue weighted by atomic mass is 16.7. The minimum Gasteiger partial charge on any atom is -0.507 e. The molecular formula is C52H78O25. The number of aliphatic hydroxyl groups excluding tert-OH is 9. The summed E-state index contributed by atoms with van der Waals surface area (Å²) in [6.07, 6.45) is -24.4. The van der Waals surface area contributed by atoms with Crippen LogP contribution in [0, 0.1) is 12.8 Å². The fourth-order valence-electron chi connectivity index (χ4n) is 10.8. The van der Waals surface area contributed by atoms with Gasteiger partial charge in [0.2, 0.25) is 0 Å². The van der Waals surface area contributed by atoms with Crippen molar-refractivity contribution in [2.75, 3.05) is 7.11 Å². The van der Waals surface area contributed by atoms with Crippen LogP contribution in [-0.2, 0) is 63.4 Å². The Labute approximate surface area is 445 Å². The molecule has 0 unspecified atom stereocenters. The molecular weight excluding hydrogens is 1020 g/mol. The van der Waals surface area contributed by atoms with E-state index in [2.05, 4.69) is 0 Å². The van der Waals surface area contributed by atoms with E-state index < -0.39 is 165 Å². The number of hydrogen-bond donors (Lipinski definition) is 12. The highest BCUT2D eigenvalue weighted by Gasteiger charge is 2.50. The quantitative estimate of drug-likeness (QED) is 0.0852. The number of aliphatic hydroxyl groups is 10. The number of ether oxygens (including phenoxy) is 11. The van der Waals surface area contributed by atoms with Gasteiger partial charge in [-0.2, -0.15) is 0 Å². The maximum Gasteiger partial charge on any atom is 0.341 e. The van der Waals surface area contributed by atoms with Gasteiger partial charge in [-0.1, -0.05) is 6.07 Å². The summed E-state index contributed by atoms with van der Waals surface area (Å²) in [6, 6.07) is 4.48. The second-order valence-corrected chi connectivity index (χ2v) is 21.5. The third-order valence-corrected chi connectivity index (χ3v) is 15.4. The average molecular weight is 1100 g/mol. The Morgan fingerprint density at radius 2 is 1.19 bits per heavy atom. The van der Waals surface area contributed by atoms with E-state index in [1.165, 1.54) is 40.0 Å². The molecule has 5 fully saturated rings. The highest BCUT2D eigenvalue weighted by Crippen LogP contribution is 2.43. The van der Waals surface area contributed by atoms with Gasteiger partial charge in [-0.3, -0.25) is 4.79 Å². The van der Waals surface area contributed by atoms with Gasteiger partial charge in [-0.15, -0.1) is 0 Å². The normalized spacial score (nSPS) is 42.0. The Bertz CT molecular complexity index is 2310. The Hall–Kier alpha value is -3.36. The summed E-state index contributed by atoms with van der Waals surface area (Å²) in [6.45, 7) is 12.2. The maximum absolute atomic E-state index is 14.3. The number of carbonyl (C=O) groups is 2. The maximum atomic E-state index is 14.3. The number of esters is 1. The van der Waals surface area contributed by atoms with Crippen molar-refractivity contribution >= 4 is 22.5 Å². The summed E-state index contributed by atoms with van der Waals surface area (Å²) in [5.41, 5.74) is -0.978. The SMILES string of the molecule is CO[C@H](C(=O)[C@@H](O)[C@@H](C)O)[C@@H]1Cc2cc(O)c3c(O)c(C)c(cc3c2)OC(=O)[C@H]1O[C@H]1C[C@@H](O[C@H]2C[C@@H](O[C@H]3C[C@](C)(O)[C@H](O)[C@@H](C)O3)[C@@H](O)[C@@H](C)O2)[C@H](O)[C@@H](C)O1.C[C@H]1O[C@@H](O)C[C@@H](O[C@H]2C[C@@H](O)[C@H](O)[C@@H](C)O2)[C@@H]1O. The summed E-state index contributed by atoms with van der Waals surface area (Å²) < 4.78 is 64.0. The Morgan fingerprint density at radius 3 is 1.74 bits per heavy atom. The molecule has 3 bridgehead atoms. The molecule has 8 rings (SSSR count). The van der Waals surface area contributed by atoms with Crippen LogP contribution in [0.2, 0.25) is 0 Å². The fraction of sp³-hybridized carbons (Fsp3) is 0.769. The molecule has 6 heterocycles. The van der Waals surface area contributed by atoms with Crippen LogP contribution in [-0.4, -0.2) is 227 Å². The summed E-state index contributed by atoms with van der Waals surface area (Å²) in [5, 5.41) is 125. The van der Waals surface area contributed by atoms with Crippen LogP contribution in [0.1, 0.15) is 91.7 Å². The van der Waals surface area contributed by atoms with E-state index in [0.717, 1.165) is 0 Å². The lowest BCUT2D eigenvalue weighted by Crippen LogP contribution is -2.58. The first-order valence-electron chi connectivity index (χ1n) is 26.1. The van der Waals surface area contributed by atoms with Crippen LogP contribution in [0.5, 0.6) is 17.2 Å². The van der Waals surface area contributed by atoms with Crippen LogP contribution in [0.25, 0.3) is 10.8 Å². The molecule has 2 aromatic rings. The van der Waals surface area contributed by atoms with Crippen LogP contribution in [0.4, 0.5) is 0 Å².